The Balaban J connectivity index is 2.15. The molecule has 1 aliphatic rings. The van der Waals surface area contributed by atoms with Gasteiger partial charge in [-0.1, -0.05) is 0 Å². The Bertz CT molecular complexity index is 270. The lowest BCUT2D eigenvalue weighted by Gasteiger charge is -2.32. The van der Waals surface area contributed by atoms with Crippen LogP contribution in [0, 0.1) is 0 Å². The number of nitrogens with zero attached hydrogens (tertiary/aromatic N) is 1. The van der Waals surface area contributed by atoms with E-state index in [9.17, 15) is 4.79 Å². The molecule has 0 radical (unpaired) electrons. The minimum absolute atomic E-state index is 0.345. The van der Waals surface area contributed by atoms with E-state index in [4.69, 9.17) is 0 Å². The number of thiophene rings is 1. The lowest BCUT2D eigenvalue weighted by Crippen LogP contribution is -2.31. The zero-order valence-electron chi connectivity index (χ0n) is 7.48. The number of hydrogen-bond donors (Lipinski definition) is 0. The Hall–Kier alpha value is -0.830. The highest BCUT2D eigenvalue weighted by Crippen LogP contribution is 2.30. The zero-order chi connectivity index (χ0) is 9.10. The van der Waals surface area contributed by atoms with Crippen molar-refractivity contribution in [2.24, 2.45) is 0 Å². The van der Waals surface area contributed by atoms with Gasteiger partial charge in [0.1, 0.15) is 0 Å². The fraction of sp³-hybridized carbons (Fsp3) is 0.500. The van der Waals surface area contributed by atoms with Crippen LogP contribution in [-0.2, 0) is 4.79 Å². The van der Waals surface area contributed by atoms with E-state index in [1.165, 1.54) is 12.0 Å². The molecule has 70 valence electrons. The number of hydrogen-bond acceptors (Lipinski definition) is 2. The normalized spacial score (nSPS) is 23.1. The van der Waals surface area contributed by atoms with Crippen LogP contribution < -0.4 is 0 Å². The summed E-state index contributed by atoms with van der Waals surface area (Å²) in [6, 6.07) is 2.47. The van der Waals surface area contributed by atoms with Crippen molar-refractivity contribution in [3.63, 3.8) is 0 Å². The molecule has 1 aliphatic heterocycles. The Morgan fingerprint density at radius 3 is 3.15 bits per heavy atom. The Labute approximate surface area is 82.2 Å². The molecule has 2 nitrogen and oxygen atoms in total. The minimum Gasteiger partial charge on any atom is -0.338 e. The lowest BCUT2D eigenvalue weighted by atomic mass is 9.98. The molecular formula is C10H13NOS. The van der Waals surface area contributed by atoms with Gasteiger partial charge in [-0.25, -0.2) is 0 Å². The van der Waals surface area contributed by atoms with Crippen LogP contribution in [-0.4, -0.2) is 17.9 Å². The number of rotatable bonds is 2. The maximum absolute atomic E-state index is 10.8. The van der Waals surface area contributed by atoms with Crippen molar-refractivity contribution in [1.29, 1.82) is 0 Å². The molecule has 0 aromatic carbocycles. The molecule has 0 N–H and O–H groups in total. The predicted octanol–water partition coefficient (Wildman–Crippen LogP) is 2.43. The van der Waals surface area contributed by atoms with Crippen LogP contribution in [0.3, 0.4) is 0 Å². The third kappa shape index (κ3) is 1.75. The van der Waals surface area contributed by atoms with Crippen LogP contribution >= 0.6 is 11.3 Å². The van der Waals surface area contributed by atoms with Gasteiger partial charge in [-0.15, -0.1) is 0 Å². The summed E-state index contributed by atoms with van der Waals surface area (Å²) >= 11 is 1.70. The van der Waals surface area contributed by atoms with Gasteiger partial charge in [-0.3, -0.25) is 4.79 Å². The highest BCUT2D eigenvalue weighted by atomic mass is 32.1. The largest absolute Gasteiger partial charge is 0.338 e. The Kier molecular flexibility index (Phi) is 2.64. The summed E-state index contributed by atoms with van der Waals surface area (Å²) in [4.78, 5) is 12.7. The number of carbonyl (C=O) groups excluding carboxylic acids is 1. The third-order valence-corrected chi connectivity index (χ3v) is 3.31. The van der Waals surface area contributed by atoms with Gasteiger partial charge in [0.25, 0.3) is 0 Å². The molecule has 2 heterocycles. The molecule has 0 aliphatic carbocycles. The van der Waals surface area contributed by atoms with Gasteiger partial charge in [0.2, 0.25) is 6.41 Å². The summed E-state index contributed by atoms with van der Waals surface area (Å²) in [5, 5.41) is 4.22. The molecule has 2 rings (SSSR count). The molecule has 13 heavy (non-hydrogen) atoms. The third-order valence-electron chi connectivity index (χ3n) is 2.61. The highest BCUT2D eigenvalue weighted by molar-refractivity contribution is 7.07. The number of likely N-dealkylation sites (tertiary alicyclic amines) is 1. The fourth-order valence-electron chi connectivity index (χ4n) is 1.90. The van der Waals surface area contributed by atoms with Crippen molar-refractivity contribution in [1.82, 2.24) is 4.90 Å². The molecule has 1 saturated heterocycles. The molecule has 1 fully saturated rings. The van der Waals surface area contributed by atoms with Crippen LogP contribution in [0.1, 0.15) is 30.9 Å². The van der Waals surface area contributed by atoms with Crippen molar-refractivity contribution in [2.45, 2.75) is 25.3 Å². The van der Waals surface area contributed by atoms with Crippen molar-refractivity contribution in [2.75, 3.05) is 6.54 Å². The van der Waals surface area contributed by atoms with E-state index < -0.39 is 0 Å². The summed E-state index contributed by atoms with van der Waals surface area (Å²) in [5.74, 6) is 0. The molecule has 0 spiro atoms. The van der Waals surface area contributed by atoms with Gasteiger partial charge >= 0.3 is 0 Å². The monoisotopic (exact) mass is 195 g/mol. The van der Waals surface area contributed by atoms with Crippen molar-refractivity contribution < 1.29 is 4.79 Å². The lowest BCUT2D eigenvalue weighted by molar-refractivity contribution is -0.121. The topological polar surface area (TPSA) is 20.3 Å². The van der Waals surface area contributed by atoms with Crippen LogP contribution in [0.5, 0.6) is 0 Å². The number of piperidine rings is 1. The first kappa shape index (κ1) is 8.75. The summed E-state index contributed by atoms with van der Waals surface area (Å²) in [7, 11) is 0. The quantitative estimate of drug-likeness (QED) is 0.664. The van der Waals surface area contributed by atoms with E-state index >= 15 is 0 Å². The number of amides is 1. The van der Waals surface area contributed by atoms with E-state index in [0.717, 1.165) is 25.8 Å². The number of carbonyl (C=O) groups is 1. The summed E-state index contributed by atoms with van der Waals surface area (Å²) < 4.78 is 0. The molecule has 0 unspecified atom stereocenters. The maximum Gasteiger partial charge on any atom is 0.210 e. The maximum atomic E-state index is 10.8. The first-order chi connectivity index (χ1) is 6.42. The van der Waals surface area contributed by atoms with Crippen LogP contribution in [0.25, 0.3) is 0 Å². The van der Waals surface area contributed by atoms with E-state index in [0.29, 0.717) is 6.04 Å². The SMILES string of the molecule is O=CN1CCCC[C@@H]1c1ccsc1. The van der Waals surface area contributed by atoms with Gasteiger partial charge in [-0.2, -0.15) is 11.3 Å². The minimum atomic E-state index is 0.345. The Morgan fingerprint density at radius 1 is 1.54 bits per heavy atom. The first-order valence-corrected chi connectivity index (χ1v) is 5.59. The summed E-state index contributed by atoms with van der Waals surface area (Å²) in [5.41, 5.74) is 1.30. The van der Waals surface area contributed by atoms with Crippen LogP contribution in [0.2, 0.25) is 0 Å². The predicted molar refractivity (Wildman–Crippen MR) is 53.7 cm³/mol. The van der Waals surface area contributed by atoms with Gasteiger partial charge in [0.05, 0.1) is 6.04 Å². The molecule has 1 aromatic rings. The summed E-state index contributed by atoms with van der Waals surface area (Å²) in [6.07, 6.45) is 4.50. The van der Waals surface area contributed by atoms with Crippen molar-refractivity contribution in [3.05, 3.63) is 22.4 Å². The molecule has 0 saturated carbocycles. The van der Waals surface area contributed by atoms with Crippen molar-refractivity contribution in [3.8, 4) is 0 Å². The summed E-state index contributed by atoms with van der Waals surface area (Å²) in [6.45, 7) is 0.921. The zero-order valence-corrected chi connectivity index (χ0v) is 8.30. The molecule has 1 amide bonds. The second-order valence-corrected chi connectivity index (χ2v) is 4.19. The fourth-order valence-corrected chi connectivity index (χ4v) is 2.61. The second kappa shape index (κ2) is 3.92. The smallest absolute Gasteiger partial charge is 0.210 e. The molecule has 1 atom stereocenters. The standard InChI is InChI=1S/C10H13NOS/c12-8-11-5-2-1-3-10(11)9-4-6-13-7-9/h4,6-8,10H,1-3,5H2/t10-/m1/s1. The molecule has 1 aromatic heterocycles. The molecule has 0 bridgehead atoms. The highest BCUT2D eigenvalue weighted by Gasteiger charge is 2.22. The van der Waals surface area contributed by atoms with Gasteiger partial charge in [0, 0.05) is 6.54 Å². The van der Waals surface area contributed by atoms with Crippen molar-refractivity contribution >= 4 is 17.7 Å². The molecular weight excluding hydrogens is 182 g/mol. The van der Waals surface area contributed by atoms with E-state index in [1.54, 1.807) is 11.3 Å². The second-order valence-electron chi connectivity index (χ2n) is 3.41. The average Bonchev–Trinajstić information content (AvgIpc) is 2.70. The first-order valence-electron chi connectivity index (χ1n) is 4.65. The van der Waals surface area contributed by atoms with Gasteiger partial charge < -0.3 is 4.90 Å². The average molecular weight is 195 g/mol. The van der Waals surface area contributed by atoms with Crippen LogP contribution in [0.4, 0.5) is 0 Å². The van der Waals surface area contributed by atoms with E-state index in [-0.39, 0.29) is 0 Å². The van der Waals surface area contributed by atoms with E-state index in [1.807, 2.05) is 4.90 Å². The van der Waals surface area contributed by atoms with E-state index in [2.05, 4.69) is 16.8 Å². The van der Waals surface area contributed by atoms with Gasteiger partial charge in [0.15, 0.2) is 0 Å². The van der Waals surface area contributed by atoms with Gasteiger partial charge in [-0.05, 0) is 41.7 Å². The molecule has 3 heteroatoms. The Morgan fingerprint density at radius 2 is 2.46 bits per heavy atom. The van der Waals surface area contributed by atoms with Crippen LogP contribution in [0.15, 0.2) is 16.8 Å².